The SMILES string of the molecule is CCOC(=O)CN(CC)CC(=O)N1CCOCC1. The fourth-order valence-corrected chi connectivity index (χ4v) is 1.77. The first-order valence-corrected chi connectivity index (χ1v) is 6.40. The molecule has 1 aliphatic rings. The second-order valence-corrected chi connectivity index (χ2v) is 4.10. The number of likely N-dealkylation sites (N-methyl/N-ethyl adjacent to an activating group) is 1. The summed E-state index contributed by atoms with van der Waals surface area (Å²) >= 11 is 0. The van der Waals surface area contributed by atoms with Crippen LogP contribution in [0, 0.1) is 0 Å². The molecule has 104 valence electrons. The smallest absolute Gasteiger partial charge is 0.320 e. The minimum atomic E-state index is -0.283. The number of carbonyl (C=O) groups excluding carboxylic acids is 2. The van der Waals surface area contributed by atoms with Crippen LogP contribution in [0.1, 0.15) is 13.8 Å². The van der Waals surface area contributed by atoms with Crippen LogP contribution in [0.5, 0.6) is 0 Å². The van der Waals surface area contributed by atoms with Gasteiger partial charge in [0.1, 0.15) is 0 Å². The second-order valence-electron chi connectivity index (χ2n) is 4.10. The van der Waals surface area contributed by atoms with Crippen molar-refractivity contribution in [3.63, 3.8) is 0 Å². The van der Waals surface area contributed by atoms with Gasteiger partial charge < -0.3 is 14.4 Å². The van der Waals surface area contributed by atoms with Crippen molar-refractivity contribution in [2.24, 2.45) is 0 Å². The maximum atomic E-state index is 12.0. The number of carbonyl (C=O) groups is 2. The molecule has 1 heterocycles. The second kappa shape index (κ2) is 8.05. The molecule has 0 saturated carbocycles. The summed E-state index contributed by atoms with van der Waals surface area (Å²) in [6.07, 6.45) is 0. The van der Waals surface area contributed by atoms with Crippen LogP contribution in [0.3, 0.4) is 0 Å². The average molecular weight is 258 g/mol. The Labute approximate surface area is 108 Å². The van der Waals surface area contributed by atoms with Crippen LogP contribution in [0.2, 0.25) is 0 Å². The Kier molecular flexibility index (Phi) is 6.67. The quantitative estimate of drug-likeness (QED) is 0.614. The predicted molar refractivity (Wildman–Crippen MR) is 66.1 cm³/mol. The number of esters is 1. The predicted octanol–water partition coefficient (Wildman–Crippen LogP) is -0.270. The van der Waals surface area contributed by atoms with Crippen molar-refractivity contribution < 1.29 is 19.1 Å². The van der Waals surface area contributed by atoms with E-state index in [4.69, 9.17) is 9.47 Å². The number of hydrogen-bond acceptors (Lipinski definition) is 5. The number of nitrogens with zero attached hydrogens (tertiary/aromatic N) is 2. The van der Waals surface area contributed by atoms with Gasteiger partial charge in [-0.15, -0.1) is 0 Å². The van der Waals surface area contributed by atoms with Crippen LogP contribution < -0.4 is 0 Å². The Bertz CT molecular complexity index is 277. The number of rotatable bonds is 6. The lowest BCUT2D eigenvalue weighted by Crippen LogP contribution is -2.46. The topological polar surface area (TPSA) is 59.1 Å². The molecule has 0 aromatic heterocycles. The summed E-state index contributed by atoms with van der Waals surface area (Å²) in [4.78, 5) is 26.9. The molecule has 6 nitrogen and oxygen atoms in total. The first-order chi connectivity index (χ1) is 8.67. The minimum absolute atomic E-state index is 0.0458. The first-order valence-electron chi connectivity index (χ1n) is 6.40. The van der Waals surface area contributed by atoms with Crippen LogP contribution >= 0.6 is 0 Å². The third-order valence-corrected chi connectivity index (χ3v) is 2.83. The van der Waals surface area contributed by atoms with Gasteiger partial charge in [0, 0.05) is 13.1 Å². The van der Waals surface area contributed by atoms with E-state index in [-0.39, 0.29) is 25.0 Å². The Hall–Kier alpha value is -1.14. The summed E-state index contributed by atoms with van der Waals surface area (Å²) < 4.78 is 10.1. The van der Waals surface area contributed by atoms with E-state index in [2.05, 4.69) is 0 Å². The van der Waals surface area contributed by atoms with Gasteiger partial charge in [0.25, 0.3) is 0 Å². The highest BCUT2D eigenvalue weighted by Gasteiger charge is 2.20. The van der Waals surface area contributed by atoms with E-state index >= 15 is 0 Å². The molecular weight excluding hydrogens is 236 g/mol. The molecular formula is C12H22N2O4. The van der Waals surface area contributed by atoms with Crippen LogP contribution in [-0.4, -0.2) is 74.2 Å². The van der Waals surface area contributed by atoms with Gasteiger partial charge in [-0.25, -0.2) is 0 Å². The molecule has 0 unspecified atom stereocenters. The van der Waals surface area contributed by atoms with Gasteiger partial charge in [0.05, 0.1) is 32.9 Å². The summed E-state index contributed by atoms with van der Waals surface area (Å²) in [5, 5.41) is 0. The molecule has 0 atom stereocenters. The minimum Gasteiger partial charge on any atom is -0.465 e. The maximum Gasteiger partial charge on any atom is 0.320 e. The van der Waals surface area contributed by atoms with Crippen LogP contribution in [-0.2, 0) is 19.1 Å². The normalized spacial score (nSPS) is 15.8. The fraction of sp³-hybridized carbons (Fsp3) is 0.833. The standard InChI is InChI=1S/C12H22N2O4/c1-3-13(10-12(16)18-4-2)9-11(15)14-5-7-17-8-6-14/h3-10H2,1-2H3. The van der Waals surface area contributed by atoms with E-state index in [0.29, 0.717) is 39.5 Å². The van der Waals surface area contributed by atoms with Crippen molar-refractivity contribution in [1.82, 2.24) is 9.80 Å². The van der Waals surface area contributed by atoms with E-state index in [9.17, 15) is 9.59 Å². The highest BCUT2D eigenvalue weighted by Crippen LogP contribution is 2.00. The third kappa shape index (κ3) is 5.01. The van der Waals surface area contributed by atoms with Crippen molar-refractivity contribution >= 4 is 11.9 Å². The lowest BCUT2D eigenvalue weighted by molar-refractivity contribution is -0.145. The molecule has 0 bridgehead atoms. The van der Waals surface area contributed by atoms with E-state index in [1.807, 2.05) is 6.92 Å². The Morgan fingerprint density at radius 2 is 1.89 bits per heavy atom. The Balaban J connectivity index is 2.36. The van der Waals surface area contributed by atoms with E-state index in [0.717, 1.165) is 0 Å². The largest absolute Gasteiger partial charge is 0.465 e. The monoisotopic (exact) mass is 258 g/mol. The Morgan fingerprint density at radius 1 is 1.22 bits per heavy atom. The molecule has 1 amide bonds. The molecule has 1 aliphatic heterocycles. The maximum absolute atomic E-state index is 12.0. The zero-order valence-electron chi connectivity index (χ0n) is 11.2. The average Bonchev–Trinajstić information content (AvgIpc) is 2.39. The van der Waals surface area contributed by atoms with Crippen LogP contribution in [0.15, 0.2) is 0 Å². The van der Waals surface area contributed by atoms with Gasteiger partial charge in [-0.1, -0.05) is 6.92 Å². The zero-order valence-corrected chi connectivity index (χ0v) is 11.2. The van der Waals surface area contributed by atoms with Crippen molar-refractivity contribution in [2.45, 2.75) is 13.8 Å². The highest BCUT2D eigenvalue weighted by molar-refractivity contribution is 5.79. The van der Waals surface area contributed by atoms with E-state index in [1.54, 1.807) is 16.7 Å². The molecule has 6 heteroatoms. The number of hydrogen-bond donors (Lipinski definition) is 0. The lowest BCUT2D eigenvalue weighted by Gasteiger charge is -2.29. The molecule has 1 saturated heterocycles. The number of ether oxygens (including phenoxy) is 2. The van der Waals surface area contributed by atoms with Gasteiger partial charge in [-0.05, 0) is 13.5 Å². The molecule has 0 aromatic carbocycles. The fourth-order valence-electron chi connectivity index (χ4n) is 1.77. The summed E-state index contributed by atoms with van der Waals surface area (Å²) in [5.41, 5.74) is 0. The van der Waals surface area contributed by atoms with Crippen molar-refractivity contribution in [3.05, 3.63) is 0 Å². The molecule has 0 spiro atoms. The molecule has 0 radical (unpaired) electrons. The molecule has 1 fully saturated rings. The van der Waals surface area contributed by atoms with Crippen LogP contribution in [0.4, 0.5) is 0 Å². The van der Waals surface area contributed by atoms with Crippen molar-refractivity contribution in [1.29, 1.82) is 0 Å². The number of morpholine rings is 1. The molecule has 0 aliphatic carbocycles. The molecule has 18 heavy (non-hydrogen) atoms. The summed E-state index contributed by atoms with van der Waals surface area (Å²) in [6.45, 7) is 7.59. The zero-order chi connectivity index (χ0) is 13.4. The van der Waals surface area contributed by atoms with Crippen LogP contribution in [0.25, 0.3) is 0 Å². The van der Waals surface area contributed by atoms with Gasteiger partial charge in [-0.2, -0.15) is 0 Å². The van der Waals surface area contributed by atoms with Crippen molar-refractivity contribution in [3.8, 4) is 0 Å². The highest BCUT2D eigenvalue weighted by atomic mass is 16.5. The van der Waals surface area contributed by atoms with Crippen molar-refractivity contribution in [2.75, 3.05) is 52.5 Å². The first kappa shape index (κ1) is 14.9. The molecule has 0 aromatic rings. The van der Waals surface area contributed by atoms with E-state index < -0.39 is 0 Å². The summed E-state index contributed by atoms with van der Waals surface area (Å²) in [7, 11) is 0. The van der Waals surface area contributed by atoms with Gasteiger partial charge in [-0.3, -0.25) is 14.5 Å². The van der Waals surface area contributed by atoms with E-state index in [1.165, 1.54) is 0 Å². The van der Waals surface area contributed by atoms with Gasteiger partial charge >= 0.3 is 5.97 Å². The summed E-state index contributed by atoms with van der Waals surface area (Å²) in [6, 6.07) is 0. The van der Waals surface area contributed by atoms with Gasteiger partial charge in [0.15, 0.2) is 0 Å². The summed E-state index contributed by atoms with van der Waals surface area (Å²) in [5.74, 6) is -0.237. The lowest BCUT2D eigenvalue weighted by atomic mass is 10.3. The van der Waals surface area contributed by atoms with Gasteiger partial charge in [0.2, 0.25) is 5.91 Å². The molecule has 0 N–H and O–H groups in total. The molecule has 1 rings (SSSR count). The third-order valence-electron chi connectivity index (χ3n) is 2.83. The number of amides is 1. The Morgan fingerprint density at radius 3 is 2.44 bits per heavy atom.